The zero-order valence-electron chi connectivity index (χ0n) is 18.6. The number of aliphatic imine (C=N–C) groups is 1. The largest absolute Gasteiger partial charge is 0.378 e. The third-order valence-corrected chi connectivity index (χ3v) is 4.56. The molecule has 0 aliphatic carbocycles. The molecule has 7 heteroatoms. The summed E-state index contributed by atoms with van der Waals surface area (Å²) < 4.78 is 5.78. The van der Waals surface area contributed by atoms with Crippen molar-refractivity contribution < 1.29 is 9.53 Å². The molecule has 1 rings (SSSR count). The Balaban J connectivity index is 0.00000784. The maximum Gasteiger partial charge on any atom is 0.251 e. The first-order chi connectivity index (χ1) is 13.5. The molecule has 1 aromatic carbocycles. The van der Waals surface area contributed by atoms with Gasteiger partial charge in [-0.05, 0) is 43.4 Å². The molecular formula is C22H39IN4O2. The lowest BCUT2D eigenvalue weighted by atomic mass is 10.0. The summed E-state index contributed by atoms with van der Waals surface area (Å²) in [6, 6.07) is 7.67. The number of hydrogen-bond donors (Lipinski definition) is 3. The summed E-state index contributed by atoms with van der Waals surface area (Å²) in [6.45, 7) is 11.4. The van der Waals surface area contributed by atoms with E-state index >= 15 is 0 Å². The minimum Gasteiger partial charge on any atom is -0.378 e. The monoisotopic (exact) mass is 518 g/mol. The van der Waals surface area contributed by atoms with Gasteiger partial charge in [0.25, 0.3) is 5.91 Å². The van der Waals surface area contributed by atoms with Crippen LogP contribution in [0.1, 0.15) is 62.9 Å². The number of hydrogen-bond acceptors (Lipinski definition) is 3. The molecule has 0 heterocycles. The molecule has 1 unspecified atom stereocenters. The van der Waals surface area contributed by atoms with Crippen molar-refractivity contribution in [2.75, 3.05) is 26.7 Å². The van der Waals surface area contributed by atoms with Gasteiger partial charge in [0, 0.05) is 38.9 Å². The Hall–Kier alpha value is -1.35. The molecule has 0 aliphatic rings. The van der Waals surface area contributed by atoms with E-state index in [4.69, 9.17) is 4.74 Å². The van der Waals surface area contributed by atoms with Gasteiger partial charge in [0.15, 0.2) is 5.96 Å². The van der Waals surface area contributed by atoms with E-state index in [1.807, 2.05) is 31.2 Å². The SMILES string of the molecule is CCCCNC(=O)c1ccc(CNC(=NC)NCCC(OCC)C(C)C)cc1.I. The first kappa shape index (κ1) is 27.6. The minimum atomic E-state index is -0.0144. The van der Waals surface area contributed by atoms with Crippen LogP contribution >= 0.6 is 24.0 Å². The molecule has 0 saturated heterocycles. The van der Waals surface area contributed by atoms with E-state index in [0.29, 0.717) is 18.0 Å². The molecule has 6 nitrogen and oxygen atoms in total. The Morgan fingerprint density at radius 2 is 1.76 bits per heavy atom. The van der Waals surface area contributed by atoms with Gasteiger partial charge < -0.3 is 20.7 Å². The van der Waals surface area contributed by atoms with E-state index < -0.39 is 0 Å². The van der Waals surface area contributed by atoms with Crippen molar-refractivity contribution in [1.82, 2.24) is 16.0 Å². The molecule has 166 valence electrons. The second-order valence-electron chi connectivity index (χ2n) is 7.19. The highest BCUT2D eigenvalue weighted by molar-refractivity contribution is 14.0. The van der Waals surface area contributed by atoms with Gasteiger partial charge in [0.1, 0.15) is 0 Å². The number of carbonyl (C=O) groups excluding carboxylic acids is 1. The summed E-state index contributed by atoms with van der Waals surface area (Å²) in [6.07, 6.45) is 3.27. The van der Waals surface area contributed by atoms with Crippen LogP contribution in [0.15, 0.2) is 29.3 Å². The summed E-state index contributed by atoms with van der Waals surface area (Å²) >= 11 is 0. The van der Waals surface area contributed by atoms with Gasteiger partial charge in [-0.1, -0.05) is 39.3 Å². The van der Waals surface area contributed by atoms with Gasteiger partial charge in [0.05, 0.1) is 6.10 Å². The molecule has 0 bridgehead atoms. The fourth-order valence-corrected chi connectivity index (χ4v) is 2.82. The molecule has 0 saturated carbocycles. The molecule has 0 aromatic heterocycles. The van der Waals surface area contributed by atoms with E-state index in [1.54, 1.807) is 7.05 Å². The number of carbonyl (C=O) groups is 1. The normalized spacial score (nSPS) is 12.3. The molecule has 0 aliphatic heterocycles. The van der Waals surface area contributed by atoms with Gasteiger partial charge in [-0.2, -0.15) is 0 Å². The number of halogens is 1. The molecule has 1 atom stereocenters. The number of rotatable bonds is 12. The zero-order valence-corrected chi connectivity index (χ0v) is 20.9. The van der Waals surface area contributed by atoms with E-state index in [2.05, 4.69) is 41.7 Å². The van der Waals surface area contributed by atoms with Crippen molar-refractivity contribution in [1.29, 1.82) is 0 Å². The van der Waals surface area contributed by atoms with Crippen molar-refractivity contribution in [3.63, 3.8) is 0 Å². The second kappa shape index (κ2) is 16.4. The maximum absolute atomic E-state index is 12.0. The third kappa shape index (κ3) is 11.4. The number of nitrogens with zero attached hydrogens (tertiary/aromatic N) is 1. The van der Waals surface area contributed by atoms with Crippen LogP contribution < -0.4 is 16.0 Å². The smallest absolute Gasteiger partial charge is 0.251 e. The average Bonchev–Trinajstić information content (AvgIpc) is 2.70. The molecule has 0 radical (unpaired) electrons. The number of unbranched alkanes of at least 4 members (excludes halogenated alkanes) is 1. The Bertz CT molecular complexity index is 591. The fourth-order valence-electron chi connectivity index (χ4n) is 2.82. The first-order valence-electron chi connectivity index (χ1n) is 10.4. The van der Waals surface area contributed by atoms with Crippen LogP contribution in [0.2, 0.25) is 0 Å². The van der Waals surface area contributed by atoms with Crippen molar-refractivity contribution in [3.05, 3.63) is 35.4 Å². The summed E-state index contributed by atoms with van der Waals surface area (Å²) in [5.74, 6) is 1.24. The Morgan fingerprint density at radius 1 is 1.07 bits per heavy atom. The quantitative estimate of drug-likeness (QED) is 0.170. The van der Waals surface area contributed by atoms with E-state index in [0.717, 1.165) is 50.5 Å². The Labute approximate surface area is 193 Å². The maximum atomic E-state index is 12.0. The topological polar surface area (TPSA) is 74.8 Å². The summed E-state index contributed by atoms with van der Waals surface area (Å²) in [7, 11) is 1.77. The highest BCUT2D eigenvalue weighted by Gasteiger charge is 2.13. The van der Waals surface area contributed by atoms with Gasteiger partial charge in [-0.25, -0.2) is 0 Å². The van der Waals surface area contributed by atoms with E-state index in [9.17, 15) is 4.79 Å². The van der Waals surface area contributed by atoms with Gasteiger partial charge >= 0.3 is 0 Å². The minimum absolute atomic E-state index is 0. The standard InChI is InChI=1S/C22H38N4O2.HI/c1-6-8-14-24-21(27)19-11-9-18(10-12-19)16-26-22(23-5)25-15-13-20(17(3)4)28-7-2;/h9-12,17,20H,6-8,13-16H2,1-5H3,(H,24,27)(H2,23,25,26);1H. The summed E-state index contributed by atoms with van der Waals surface area (Å²) in [5.41, 5.74) is 1.79. The Kier molecular flexibility index (Phi) is 15.7. The zero-order chi connectivity index (χ0) is 20.8. The predicted octanol–water partition coefficient (Wildman–Crippen LogP) is 3.95. The van der Waals surface area contributed by atoms with Crippen molar-refractivity contribution >= 4 is 35.8 Å². The molecule has 3 N–H and O–H groups in total. The highest BCUT2D eigenvalue weighted by Crippen LogP contribution is 2.10. The second-order valence-corrected chi connectivity index (χ2v) is 7.19. The van der Waals surface area contributed by atoms with Crippen LogP contribution in [-0.4, -0.2) is 44.7 Å². The molecule has 29 heavy (non-hydrogen) atoms. The van der Waals surface area contributed by atoms with Gasteiger partial charge in [-0.3, -0.25) is 9.79 Å². The first-order valence-corrected chi connectivity index (χ1v) is 10.4. The van der Waals surface area contributed by atoms with Crippen LogP contribution in [0.3, 0.4) is 0 Å². The van der Waals surface area contributed by atoms with Crippen LogP contribution in [0.4, 0.5) is 0 Å². The lowest BCUT2D eigenvalue weighted by Gasteiger charge is -2.21. The number of ether oxygens (including phenoxy) is 1. The molecule has 1 amide bonds. The summed E-state index contributed by atoms with van der Waals surface area (Å²) in [4.78, 5) is 16.3. The number of amides is 1. The van der Waals surface area contributed by atoms with E-state index in [1.165, 1.54) is 0 Å². The van der Waals surface area contributed by atoms with Gasteiger partial charge in [0.2, 0.25) is 0 Å². The van der Waals surface area contributed by atoms with Crippen LogP contribution in [-0.2, 0) is 11.3 Å². The lowest BCUT2D eigenvalue weighted by Crippen LogP contribution is -2.38. The molecule has 0 fully saturated rings. The van der Waals surface area contributed by atoms with Crippen molar-refractivity contribution in [3.8, 4) is 0 Å². The van der Waals surface area contributed by atoms with E-state index in [-0.39, 0.29) is 36.0 Å². The van der Waals surface area contributed by atoms with Crippen molar-refractivity contribution in [2.24, 2.45) is 10.9 Å². The average molecular weight is 518 g/mol. The molecular weight excluding hydrogens is 479 g/mol. The number of benzene rings is 1. The van der Waals surface area contributed by atoms with Crippen LogP contribution in [0.25, 0.3) is 0 Å². The van der Waals surface area contributed by atoms with Crippen LogP contribution in [0, 0.1) is 5.92 Å². The van der Waals surface area contributed by atoms with Crippen LogP contribution in [0.5, 0.6) is 0 Å². The lowest BCUT2D eigenvalue weighted by molar-refractivity contribution is 0.0258. The highest BCUT2D eigenvalue weighted by atomic mass is 127. The third-order valence-electron chi connectivity index (χ3n) is 4.56. The Morgan fingerprint density at radius 3 is 2.31 bits per heavy atom. The van der Waals surface area contributed by atoms with Gasteiger partial charge in [-0.15, -0.1) is 24.0 Å². The molecule has 0 spiro atoms. The number of guanidine groups is 1. The molecule has 1 aromatic rings. The fraction of sp³-hybridized carbons (Fsp3) is 0.636. The predicted molar refractivity (Wildman–Crippen MR) is 132 cm³/mol. The number of nitrogens with one attached hydrogen (secondary N) is 3. The summed E-state index contributed by atoms with van der Waals surface area (Å²) in [5, 5.41) is 9.58. The van der Waals surface area contributed by atoms with Crippen molar-refractivity contribution in [2.45, 2.75) is 59.6 Å².